The number of aliphatic hydroxyl groups excluding tert-OH is 1. The molecule has 2 saturated carbocycles. The van der Waals surface area contributed by atoms with Gasteiger partial charge in [-0.15, -0.1) is 0 Å². The molecule has 6 rings (SSSR count). The van der Waals surface area contributed by atoms with Crippen LogP contribution < -0.4 is 4.74 Å². The number of benzene rings is 2. The van der Waals surface area contributed by atoms with Crippen molar-refractivity contribution in [3.63, 3.8) is 0 Å². The molecule has 10 nitrogen and oxygen atoms in total. The number of methoxy groups -OCH3 is 1. The van der Waals surface area contributed by atoms with Crippen LogP contribution in [-0.4, -0.2) is 86.2 Å². The maximum absolute atomic E-state index is 16.1. The number of Topliss-reactive ketones (excluding diaryl/α,β-unsaturated/α-hetero) is 1. The highest BCUT2D eigenvalue weighted by Gasteiger charge is 2.78. The van der Waals surface area contributed by atoms with Gasteiger partial charge in [0.05, 0.1) is 43.0 Å². The van der Waals surface area contributed by atoms with Crippen LogP contribution in [0.5, 0.6) is 5.75 Å². The van der Waals surface area contributed by atoms with E-state index in [0.29, 0.717) is 23.1 Å². The highest BCUT2D eigenvalue weighted by atomic mass is 79.9. The van der Waals surface area contributed by atoms with E-state index in [2.05, 4.69) is 56.4 Å². The molecular weight excluding hydrogens is 784 g/mol. The molecule has 300 valence electrons. The van der Waals surface area contributed by atoms with Gasteiger partial charge in [0, 0.05) is 21.7 Å². The number of halogens is 1. The standard InChI is InChI=1S/C43H57BrO10Si/c1-11-23-50-33-31(44)30-32(51-24-26-17-19-28(49-8)20-18-26)35(45)41(7)29(54-55(9,10)39(2,3)4)21-22-42(25-52-42)34(41)37(43(48,36(33)46)40(30,5)6)53-38(47)27-15-13-12-14-16-27/h11-20,29-30,32,34,36-37,46,48H,1,21-25H2,2-10H3/t29-,30+,32+,34-,36+,37-,41+,42+,43+/m0/s1. The minimum atomic E-state index is -2.55. The van der Waals surface area contributed by atoms with Gasteiger partial charge in [0.1, 0.15) is 42.0 Å². The molecular formula is C43H57BrO10Si. The SMILES string of the molecule is C=CCOC1=C(Br)[C@@H]2[C@@H](OCc3ccc(OC)cc3)C(=O)[C@]3(C)[C@@H](O[Si](C)(C)C(C)(C)C)CC[C@@]4(CO4)[C@H]3[C@H](OC(=O)c3ccccc3)[C@](O)([C@@H]1O)C2(C)C. The molecule has 0 amide bonds. The fraction of sp³-hybridized carbons (Fsp3) is 0.581. The van der Waals surface area contributed by atoms with Crippen molar-refractivity contribution in [2.24, 2.45) is 22.7 Å². The maximum atomic E-state index is 16.1. The molecule has 0 radical (unpaired) electrons. The van der Waals surface area contributed by atoms with Crippen molar-refractivity contribution in [1.29, 1.82) is 0 Å². The number of aliphatic hydroxyl groups is 2. The first kappa shape index (κ1) is 41.8. The Hall–Kier alpha value is -2.84. The number of ether oxygens (including phenoxy) is 5. The van der Waals surface area contributed by atoms with E-state index in [1.54, 1.807) is 51.3 Å². The van der Waals surface area contributed by atoms with Crippen LogP contribution in [0.4, 0.5) is 0 Å². The van der Waals surface area contributed by atoms with Crippen molar-refractivity contribution in [1.82, 2.24) is 0 Å². The minimum Gasteiger partial charge on any atom is -0.497 e. The molecule has 1 aliphatic heterocycles. The number of epoxide rings is 1. The summed E-state index contributed by atoms with van der Waals surface area (Å²) in [6, 6.07) is 15.9. The molecule has 3 fully saturated rings. The Labute approximate surface area is 334 Å². The van der Waals surface area contributed by atoms with Crippen LogP contribution >= 0.6 is 15.9 Å². The van der Waals surface area contributed by atoms with Crippen molar-refractivity contribution in [3.05, 3.63) is 88.6 Å². The third-order valence-electron chi connectivity index (χ3n) is 13.5. The number of esters is 1. The van der Waals surface area contributed by atoms with Crippen LogP contribution in [0.3, 0.4) is 0 Å². The van der Waals surface area contributed by atoms with E-state index in [1.165, 1.54) is 6.08 Å². The summed E-state index contributed by atoms with van der Waals surface area (Å²) in [6.45, 7) is 20.3. The van der Waals surface area contributed by atoms with Gasteiger partial charge in [-0.05, 0) is 67.7 Å². The Kier molecular flexibility index (Phi) is 11.3. The fourth-order valence-electron chi connectivity index (χ4n) is 9.05. The number of carbonyl (C=O) groups excluding carboxylic acids is 2. The van der Waals surface area contributed by atoms with E-state index < -0.39 is 72.6 Å². The zero-order valence-electron chi connectivity index (χ0n) is 33.5. The van der Waals surface area contributed by atoms with Crippen LogP contribution in [0.15, 0.2) is 77.5 Å². The third-order valence-corrected chi connectivity index (χ3v) is 18.8. The van der Waals surface area contributed by atoms with E-state index in [1.807, 2.05) is 31.2 Å². The van der Waals surface area contributed by atoms with Gasteiger partial charge < -0.3 is 38.3 Å². The normalized spacial score (nSPS) is 34.3. The molecule has 2 bridgehead atoms. The van der Waals surface area contributed by atoms with Crippen molar-refractivity contribution in [2.75, 3.05) is 20.3 Å². The highest BCUT2D eigenvalue weighted by molar-refractivity contribution is 9.11. The number of fused-ring (bicyclic) bond motifs is 4. The third kappa shape index (κ3) is 6.87. The topological polar surface area (TPSA) is 133 Å². The van der Waals surface area contributed by atoms with Crippen LogP contribution in [0.2, 0.25) is 18.1 Å². The first-order valence-electron chi connectivity index (χ1n) is 19.1. The highest BCUT2D eigenvalue weighted by Crippen LogP contribution is 2.67. The largest absolute Gasteiger partial charge is 0.497 e. The van der Waals surface area contributed by atoms with E-state index >= 15 is 4.79 Å². The van der Waals surface area contributed by atoms with Crippen molar-refractivity contribution in [2.45, 2.75) is 115 Å². The summed E-state index contributed by atoms with van der Waals surface area (Å²) in [5, 5.41) is 26.1. The Balaban J connectivity index is 1.62. The Morgan fingerprint density at radius 3 is 2.29 bits per heavy atom. The average molecular weight is 842 g/mol. The summed E-state index contributed by atoms with van der Waals surface area (Å²) in [7, 11) is -0.954. The lowest BCUT2D eigenvalue weighted by Gasteiger charge is -2.64. The maximum Gasteiger partial charge on any atom is 0.338 e. The summed E-state index contributed by atoms with van der Waals surface area (Å²) >= 11 is 3.77. The smallest absolute Gasteiger partial charge is 0.338 e. The van der Waals surface area contributed by atoms with Gasteiger partial charge in [0.25, 0.3) is 0 Å². The second-order valence-corrected chi connectivity index (χ2v) is 23.5. The van der Waals surface area contributed by atoms with Crippen LogP contribution in [0, 0.1) is 22.7 Å². The Bertz CT molecular complexity index is 1800. The quantitative estimate of drug-likeness (QED) is 0.101. The molecule has 1 saturated heterocycles. The first-order chi connectivity index (χ1) is 25.7. The molecule has 9 atom stereocenters. The Morgan fingerprint density at radius 1 is 1.09 bits per heavy atom. The van der Waals surface area contributed by atoms with Crippen LogP contribution in [-0.2, 0) is 34.8 Å². The summed E-state index contributed by atoms with van der Waals surface area (Å²) in [6.07, 6.45) is -2.51. The van der Waals surface area contributed by atoms with Crippen molar-refractivity contribution < 1.29 is 47.9 Å². The lowest BCUT2D eigenvalue weighted by Crippen LogP contribution is -2.77. The second-order valence-electron chi connectivity index (χ2n) is 17.9. The van der Waals surface area contributed by atoms with E-state index in [0.717, 1.165) is 5.56 Å². The number of rotatable bonds is 11. The molecule has 4 aliphatic rings. The van der Waals surface area contributed by atoms with Crippen LogP contribution in [0.25, 0.3) is 0 Å². The van der Waals surface area contributed by atoms with Gasteiger partial charge in [-0.1, -0.05) is 93.5 Å². The molecule has 1 heterocycles. The number of hydrogen-bond donors (Lipinski definition) is 2. The molecule has 0 unspecified atom stereocenters. The lowest BCUT2D eigenvalue weighted by molar-refractivity contribution is -0.274. The van der Waals surface area contributed by atoms with Gasteiger partial charge in [-0.3, -0.25) is 4.79 Å². The van der Waals surface area contributed by atoms with Crippen LogP contribution in [0.1, 0.15) is 70.3 Å². The summed E-state index contributed by atoms with van der Waals surface area (Å²) in [5.74, 6) is -2.16. The van der Waals surface area contributed by atoms with Crippen molar-refractivity contribution >= 4 is 36.0 Å². The molecule has 3 aliphatic carbocycles. The summed E-state index contributed by atoms with van der Waals surface area (Å²) < 4.78 is 38.9. The second kappa shape index (κ2) is 14.8. The van der Waals surface area contributed by atoms with Crippen molar-refractivity contribution in [3.8, 4) is 5.75 Å². The first-order valence-corrected chi connectivity index (χ1v) is 22.8. The number of ketones is 1. The fourth-order valence-corrected chi connectivity index (χ4v) is 11.6. The van der Waals surface area contributed by atoms with E-state index in [9.17, 15) is 15.0 Å². The predicted octanol–water partition coefficient (Wildman–Crippen LogP) is 7.52. The molecule has 1 spiro atoms. The molecule has 0 aromatic heterocycles. The van der Waals surface area contributed by atoms with E-state index in [-0.39, 0.29) is 42.0 Å². The minimum absolute atomic E-state index is 0.00112. The zero-order valence-corrected chi connectivity index (χ0v) is 36.1. The predicted molar refractivity (Wildman–Crippen MR) is 214 cm³/mol. The van der Waals surface area contributed by atoms with Gasteiger partial charge in [-0.25, -0.2) is 4.79 Å². The van der Waals surface area contributed by atoms with Gasteiger partial charge in [0.15, 0.2) is 14.1 Å². The van der Waals surface area contributed by atoms with Gasteiger partial charge >= 0.3 is 5.97 Å². The molecule has 55 heavy (non-hydrogen) atoms. The van der Waals surface area contributed by atoms with E-state index in [4.69, 9.17) is 28.1 Å². The summed E-state index contributed by atoms with van der Waals surface area (Å²) in [5.41, 5.74) is -4.97. The lowest BCUT2D eigenvalue weighted by atomic mass is 9.45. The number of carbonyl (C=O) groups is 2. The average Bonchev–Trinajstić information content (AvgIpc) is 3.92. The molecule has 2 N–H and O–H groups in total. The molecule has 2 aromatic carbocycles. The molecule has 12 heteroatoms. The van der Waals surface area contributed by atoms with Gasteiger partial charge in [0.2, 0.25) is 0 Å². The van der Waals surface area contributed by atoms with Gasteiger partial charge in [-0.2, -0.15) is 0 Å². The number of hydrogen-bond acceptors (Lipinski definition) is 10. The zero-order chi connectivity index (χ0) is 40.4. The Morgan fingerprint density at radius 2 is 1.73 bits per heavy atom. The summed E-state index contributed by atoms with van der Waals surface area (Å²) in [4.78, 5) is 30.4. The monoisotopic (exact) mass is 840 g/mol. The molecule has 2 aromatic rings.